The zero-order valence-electron chi connectivity index (χ0n) is 5.80. The average molecular weight is 219 g/mol. The molecule has 1 aromatic carbocycles. The number of benzene rings is 1. The lowest BCUT2D eigenvalue weighted by atomic mass is 10.1. The highest BCUT2D eigenvalue weighted by Crippen LogP contribution is 2.15. The summed E-state index contributed by atoms with van der Waals surface area (Å²) < 4.78 is 12.5. The van der Waals surface area contributed by atoms with Gasteiger partial charge in [0, 0.05) is 5.33 Å². The Morgan fingerprint density at radius 1 is 1.55 bits per heavy atom. The van der Waals surface area contributed by atoms with Gasteiger partial charge in [-0.3, -0.25) is 0 Å². The van der Waals surface area contributed by atoms with Gasteiger partial charge in [-0.25, -0.2) is 4.39 Å². The van der Waals surface area contributed by atoms with Crippen LogP contribution in [0.25, 0.3) is 0 Å². The second-order valence-electron chi connectivity index (χ2n) is 2.23. The van der Waals surface area contributed by atoms with Crippen molar-refractivity contribution >= 4 is 15.9 Å². The van der Waals surface area contributed by atoms with E-state index in [1.54, 1.807) is 12.1 Å². The van der Waals surface area contributed by atoms with Crippen molar-refractivity contribution in [3.63, 3.8) is 0 Å². The first-order chi connectivity index (χ1) is 5.24. The van der Waals surface area contributed by atoms with Crippen LogP contribution < -0.4 is 0 Å². The molecule has 0 heterocycles. The number of hydrogen-bond acceptors (Lipinski definition) is 1. The van der Waals surface area contributed by atoms with Crippen LogP contribution in [-0.2, 0) is 0 Å². The number of alkyl halides is 1. The van der Waals surface area contributed by atoms with E-state index in [1.807, 2.05) is 0 Å². The van der Waals surface area contributed by atoms with Crippen molar-refractivity contribution < 1.29 is 9.50 Å². The summed E-state index contributed by atoms with van der Waals surface area (Å²) in [5, 5.41) is 9.67. The lowest BCUT2D eigenvalue weighted by molar-refractivity contribution is 0.205. The van der Waals surface area contributed by atoms with E-state index >= 15 is 0 Å². The Labute approximate surface area is 73.0 Å². The molecule has 1 rings (SSSR count). The molecule has 0 aliphatic carbocycles. The van der Waals surface area contributed by atoms with Gasteiger partial charge in [-0.05, 0) is 17.7 Å². The van der Waals surface area contributed by atoms with Gasteiger partial charge in [0.15, 0.2) is 0 Å². The first-order valence-corrected chi connectivity index (χ1v) is 4.35. The van der Waals surface area contributed by atoms with E-state index in [4.69, 9.17) is 0 Å². The van der Waals surface area contributed by atoms with E-state index in [0.717, 1.165) is 0 Å². The Kier molecular flexibility index (Phi) is 3.02. The van der Waals surface area contributed by atoms with Crippen LogP contribution in [0, 0.1) is 5.82 Å². The SMILES string of the molecule is O[C@H](CBr)c1cccc(F)c1. The van der Waals surface area contributed by atoms with Crippen molar-refractivity contribution in [2.24, 2.45) is 0 Å². The van der Waals surface area contributed by atoms with Gasteiger partial charge >= 0.3 is 0 Å². The zero-order valence-corrected chi connectivity index (χ0v) is 7.38. The fourth-order valence-electron chi connectivity index (χ4n) is 0.803. The van der Waals surface area contributed by atoms with Crippen molar-refractivity contribution in [2.75, 3.05) is 5.33 Å². The summed E-state index contributed by atoms with van der Waals surface area (Å²) in [6.07, 6.45) is -0.620. The molecule has 11 heavy (non-hydrogen) atoms. The van der Waals surface area contributed by atoms with Crippen LogP contribution in [0.2, 0.25) is 0 Å². The molecular weight excluding hydrogens is 211 g/mol. The number of aliphatic hydroxyl groups excluding tert-OH is 1. The first kappa shape index (κ1) is 8.68. The van der Waals surface area contributed by atoms with E-state index in [1.165, 1.54) is 12.1 Å². The van der Waals surface area contributed by atoms with Crippen LogP contribution in [0.15, 0.2) is 24.3 Å². The van der Waals surface area contributed by atoms with Gasteiger partial charge in [-0.15, -0.1) is 0 Å². The monoisotopic (exact) mass is 218 g/mol. The Morgan fingerprint density at radius 2 is 2.27 bits per heavy atom. The molecule has 1 atom stereocenters. The molecule has 60 valence electrons. The summed E-state index contributed by atoms with van der Waals surface area (Å²) in [4.78, 5) is 0. The number of hydrogen-bond donors (Lipinski definition) is 1. The quantitative estimate of drug-likeness (QED) is 0.756. The highest BCUT2D eigenvalue weighted by atomic mass is 79.9. The molecule has 3 heteroatoms. The van der Waals surface area contributed by atoms with E-state index in [2.05, 4.69) is 15.9 Å². The fraction of sp³-hybridized carbons (Fsp3) is 0.250. The molecule has 1 aromatic rings. The summed E-state index contributed by atoms with van der Waals surface area (Å²) in [7, 11) is 0. The van der Waals surface area contributed by atoms with Crippen molar-refractivity contribution in [1.82, 2.24) is 0 Å². The van der Waals surface area contributed by atoms with Crippen LogP contribution in [0.5, 0.6) is 0 Å². The summed E-state index contributed by atoms with van der Waals surface area (Å²) in [6, 6.07) is 5.95. The Bertz CT molecular complexity index is 239. The predicted molar refractivity (Wildman–Crippen MR) is 45.2 cm³/mol. The minimum atomic E-state index is -0.620. The van der Waals surface area contributed by atoms with Crippen LogP contribution in [-0.4, -0.2) is 10.4 Å². The van der Waals surface area contributed by atoms with Crippen LogP contribution in [0.1, 0.15) is 11.7 Å². The molecule has 0 radical (unpaired) electrons. The molecule has 1 nitrogen and oxygen atoms in total. The van der Waals surface area contributed by atoms with Gasteiger partial charge in [0.1, 0.15) is 5.82 Å². The van der Waals surface area contributed by atoms with Crippen LogP contribution >= 0.6 is 15.9 Å². The predicted octanol–water partition coefficient (Wildman–Crippen LogP) is 2.25. The lowest BCUT2D eigenvalue weighted by Gasteiger charge is -2.05. The summed E-state index contributed by atoms with van der Waals surface area (Å²) in [5.41, 5.74) is 0.599. The fourth-order valence-corrected chi connectivity index (χ4v) is 1.18. The second-order valence-corrected chi connectivity index (χ2v) is 2.87. The lowest BCUT2D eigenvalue weighted by Crippen LogP contribution is -1.97. The van der Waals surface area contributed by atoms with E-state index in [0.29, 0.717) is 10.9 Å². The Balaban J connectivity index is 2.86. The van der Waals surface area contributed by atoms with E-state index in [-0.39, 0.29) is 5.82 Å². The molecule has 0 aliphatic heterocycles. The third kappa shape index (κ3) is 2.27. The smallest absolute Gasteiger partial charge is 0.123 e. The molecule has 0 bridgehead atoms. The van der Waals surface area contributed by atoms with Crippen LogP contribution in [0.4, 0.5) is 4.39 Å². The summed E-state index contributed by atoms with van der Waals surface area (Å²) >= 11 is 3.10. The molecule has 0 spiro atoms. The van der Waals surface area contributed by atoms with Crippen molar-refractivity contribution in [2.45, 2.75) is 6.10 Å². The number of rotatable bonds is 2. The minimum absolute atomic E-state index is 0.317. The third-order valence-electron chi connectivity index (χ3n) is 1.38. The van der Waals surface area contributed by atoms with E-state index in [9.17, 15) is 9.50 Å². The standard InChI is InChI=1S/C8H8BrFO/c9-5-8(11)6-2-1-3-7(10)4-6/h1-4,8,11H,5H2/t8-/m1/s1. The molecule has 0 fully saturated rings. The van der Waals surface area contributed by atoms with Crippen LogP contribution in [0.3, 0.4) is 0 Å². The van der Waals surface area contributed by atoms with Gasteiger partial charge in [0.2, 0.25) is 0 Å². The molecule has 0 saturated carbocycles. The molecule has 0 saturated heterocycles. The maximum atomic E-state index is 12.5. The largest absolute Gasteiger partial charge is 0.388 e. The Morgan fingerprint density at radius 3 is 2.82 bits per heavy atom. The highest BCUT2D eigenvalue weighted by molar-refractivity contribution is 9.09. The number of halogens is 2. The minimum Gasteiger partial charge on any atom is -0.388 e. The van der Waals surface area contributed by atoms with Gasteiger partial charge in [0.25, 0.3) is 0 Å². The van der Waals surface area contributed by atoms with Gasteiger partial charge in [-0.1, -0.05) is 28.1 Å². The number of aliphatic hydroxyl groups is 1. The topological polar surface area (TPSA) is 20.2 Å². The third-order valence-corrected chi connectivity index (χ3v) is 1.99. The molecule has 0 aliphatic rings. The van der Waals surface area contributed by atoms with Gasteiger partial charge < -0.3 is 5.11 Å². The van der Waals surface area contributed by atoms with Crippen molar-refractivity contribution in [3.8, 4) is 0 Å². The highest BCUT2D eigenvalue weighted by Gasteiger charge is 2.04. The van der Waals surface area contributed by atoms with Crippen molar-refractivity contribution in [1.29, 1.82) is 0 Å². The molecular formula is C8H8BrFO. The molecule has 0 amide bonds. The summed E-state index contributed by atoms with van der Waals surface area (Å²) in [5.74, 6) is -0.317. The summed E-state index contributed by atoms with van der Waals surface area (Å²) in [6.45, 7) is 0. The average Bonchev–Trinajstić information content (AvgIpc) is 2.03. The van der Waals surface area contributed by atoms with E-state index < -0.39 is 6.10 Å². The van der Waals surface area contributed by atoms with Crippen molar-refractivity contribution in [3.05, 3.63) is 35.6 Å². The second kappa shape index (κ2) is 3.83. The molecule has 0 aromatic heterocycles. The normalized spacial score (nSPS) is 13.0. The van der Waals surface area contributed by atoms with Gasteiger partial charge in [0.05, 0.1) is 6.10 Å². The molecule has 0 unspecified atom stereocenters. The molecule has 1 N–H and O–H groups in total. The van der Waals surface area contributed by atoms with Gasteiger partial charge in [-0.2, -0.15) is 0 Å². The maximum Gasteiger partial charge on any atom is 0.123 e. The Hall–Kier alpha value is -0.410. The zero-order chi connectivity index (χ0) is 8.27. The first-order valence-electron chi connectivity index (χ1n) is 3.23. The maximum absolute atomic E-state index is 12.5.